The van der Waals surface area contributed by atoms with Gasteiger partial charge in [-0.3, -0.25) is 14.5 Å². The van der Waals surface area contributed by atoms with E-state index in [1.165, 1.54) is 47.3 Å². The zero-order valence-corrected chi connectivity index (χ0v) is 35.9. The second kappa shape index (κ2) is 18.2. The molecule has 1 aliphatic carbocycles. The van der Waals surface area contributed by atoms with Crippen LogP contribution in [0.15, 0.2) is 90.9 Å². The molecule has 0 bridgehead atoms. The smallest absolute Gasteiger partial charge is 0.326 e. The Kier molecular flexibility index (Phi) is 12.6. The molecule has 0 radical (unpaired) electrons. The molecule has 0 saturated carbocycles. The van der Waals surface area contributed by atoms with Crippen molar-refractivity contribution in [2.45, 2.75) is 46.0 Å². The van der Waals surface area contributed by atoms with Gasteiger partial charge in [-0.2, -0.15) is 8.42 Å². The van der Waals surface area contributed by atoms with E-state index in [0.29, 0.717) is 31.2 Å². The third kappa shape index (κ3) is 10.5. The number of anilines is 1. The molecule has 2 amide bonds. The SMILES string of the molecule is CC1(C)CCC(CN2CCN(c3ccc(C(=O)NS(=O)(=O)NC(=O)c4cccnc4OCC4CCOCC4)c(Oc4cnc5[nH]ccc5c4)c3)CC2)=C(c2ccc(Cl)cc2)C1. The molecule has 320 valence electrons. The van der Waals surface area contributed by atoms with Gasteiger partial charge >= 0.3 is 10.2 Å². The molecule has 16 heteroatoms. The number of aromatic nitrogens is 3. The van der Waals surface area contributed by atoms with Crippen LogP contribution in [0.4, 0.5) is 5.69 Å². The number of halogens is 1. The number of carbonyl (C=O) groups excluding carboxylic acids is 2. The van der Waals surface area contributed by atoms with Gasteiger partial charge in [0, 0.05) is 80.5 Å². The molecule has 3 aliphatic rings. The average molecular weight is 868 g/mol. The maximum Gasteiger partial charge on any atom is 0.326 e. The number of benzene rings is 2. The van der Waals surface area contributed by atoms with Gasteiger partial charge < -0.3 is 24.1 Å². The molecule has 0 atom stereocenters. The van der Waals surface area contributed by atoms with Gasteiger partial charge in [0.2, 0.25) is 5.88 Å². The van der Waals surface area contributed by atoms with Gasteiger partial charge in [-0.25, -0.2) is 19.4 Å². The van der Waals surface area contributed by atoms with Crippen molar-refractivity contribution in [3.05, 3.63) is 113 Å². The second-order valence-electron chi connectivity index (χ2n) is 16.7. The fraction of sp³-hybridized carbons (Fsp3) is 0.378. The Morgan fingerprint density at radius 3 is 2.48 bits per heavy atom. The minimum absolute atomic E-state index is 0.00840. The predicted octanol–water partition coefficient (Wildman–Crippen LogP) is 7.40. The van der Waals surface area contributed by atoms with Crippen molar-refractivity contribution in [1.82, 2.24) is 29.3 Å². The van der Waals surface area contributed by atoms with Crippen molar-refractivity contribution in [3.8, 4) is 17.4 Å². The van der Waals surface area contributed by atoms with E-state index in [0.717, 1.165) is 80.9 Å². The van der Waals surface area contributed by atoms with Gasteiger partial charge in [-0.1, -0.05) is 43.2 Å². The number of hydrogen-bond acceptors (Lipinski definition) is 11. The van der Waals surface area contributed by atoms with Crippen LogP contribution >= 0.6 is 11.6 Å². The molecule has 3 N–H and O–H groups in total. The van der Waals surface area contributed by atoms with Gasteiger partial charge in [-0.05, 0) is 103 Å². The number of amides is 2. The second-order valence-corrected chi connectivity index (χ2v) is 18.5. The Morgan fingerprint density at radius 1 is 0.951 bits per heavy atom. The Bertz CT molecular complexity index is 2530. The largest absolute Gasteiger partial charge is 0.477 e. The first-order valence-corrected chi connectivity index (χ1v) is 22.5. The molecule has 0 spiro atoms. The monoisotopic (exact) mass is 867 g/mol. The fourth-order valence-electron chi connectivity index (χ4n) is 8.15. The zero-order chi connectivity index (χ0) is 42.6. The predicted molar refractivity (Wildman–Crippen MR) is 234 cm³/mol. The number of rotatable bonds is 13. The highest BCUT2D eigenvalue weighted by Gasteiger charge is 2.30. The van der Waals surface area contributed by atoms with Crippen LogP contribution < -0.4 is 23.8 Å². The highest BCUT2D eigenvalue weighted by atomic mass is 35.5. The maximum absolute atomic E-state index is 13.8. The molecular formula is C45H50ClN7O7S. The number of aromatic amines is 1. The summed E-state index contributed by atoms with van der Waals surface area (Å²) in [4.78, 5) is 43.4. The lowest BCUT2D eigenvalue weighted by molar-refractivity contribution is 0.0488. The van der Waals surface area contributed by atoms with Gasteiger partial charge in [0.05, 0.1) is 18.4 Å². The van der Waals surface area contributed by atoms with Crippen molar-refractivity contribution >= 4 is 55.9 Å². The first-order valence-electron chi connectivity index (χ1n) is 20.6. The highest BCUT2D eigenvalue weighted by Crippen LogP contribution is 2.43. The minimum atomic E-state index is -4.72. The lowest BCUT2D eigenvalue weighted by Crippen LogP contribution is -2.47. The topological polar surface area (TPSA) is 168 Å². The van der Waals surface area contributed by atoms with Gasteiger partial charge in [-0.15, -0.1) is 0 Å². The third-order valence-electron chi connectivity index (χ3n) is 11.6. The molecule has 0 unspecified atom stereocenters. The summed E-state index contributed by atoms with van der Waals surface area (Å²) in [7, 11) is -4.72. The Hall–Kier alpha value is -5.48. The molecule has 5 heterocycles. The van der Waals surface area contributed by atoms with Crippen molar-refractivity contribution in [3.63, 3.8) is 0 Å². The van der Waals surface area contributed by atoms with Crippen LogP contribution in [0, 0.1) is 11.3 Å². The van der Waals surface area contributed by atoms with Gasteiger partial charge in [0.15, 0.2) is 0 Å². The standard InChI is InChI=1S/C45H50ClN7O7S/c1-45(2)15-11-33(39(26-45)31-5-7-34(46)8-6-31)28-52-18-20-53(21-19-52)35-9-10-37(40(25-35)60-36-24-32-12-17-47-41(32)49-27-36)42(54)50-61(56,57)51-43(55)38-4-3-16-48-44(38)59-29-30-13-22-58-23-14-30/h3-10,12,16-17,24-25,27,30H,11,13-15,18-23,26,28-29H2,1-2H3,(H,47,49)(H,50,54)(H,51,55). The van der Waals surface area contributed by atoms with Crippen LogP contribution in [0.1, 0.15) is 72.2 Å². The number of allylic oxidation sites excluding steroid dienone is 1. The van der Waals surface area contributed by atoms with Crippen molar-refractivity contribution < 1.29 is 32.2 Å². The summed E-state index contributed by atoms with van der Waals surface area (Å²) in [6, 6.07) is 19.8. The number of nitrogens with zero attached hydrogens (tertiary/aromatic N) is 4. The van der Waals surface area contributed by atoms with E-state index < -0.39 is 22.0 Å². The van der Waals surface area contributed by atoms with E-state index in [1.807, 2.05) is 27.6 Å². The first-order chi connectivity index (χ1) is 29.4. The molecule has 61 heavy (non-hydrogen) atoms. The Labute approximate surface area is 360 Å². The third-order valence-corrected chi connectivity index (χ3v) is 12.8. The summed E-state index contributed by atoms with van der Waals surface area (Å²) >= 11 is 6.24. The van der Waals surface area contributed by atoms with Gasteiger partial charge in [0.25, 0.3) is 11.8 Å². The number of pyridine rings is 2. The van der Waals surface area contributed by atoms with Crippen LogP contribution in [0.25, 0.3) is 16.6 Å². The Balaban J connectivity index is 0.972. The van der Waals surface area contributed by atoms with Crippen LogP contribution in [-0.4, -0.2) is 92.6 Å². The van der Waals surface area contributed by atoms with Crippen LogP contribution in [0.3, 0.4) is 0 Å². The van der Waals surface area contributed by atoms with Gasteiger partial charge in [0.1, 0.15) is 22.7 Å². The number of carbonyl (C=O) groups is 2. The van der Waals surface area contributed by atoms with Crippen LogP contribution in [-0.2, 0) is 14.9 Å². The Morgan fingerprint density at radius 2 is 1.70 bits per heavy atom. The highest BCUT2D eigenvalue weighted by molar-refractivity contribution is 7.88. The molecule has 2 saturated heterocycles. The van der Waals surface area contributed by atoms with E-state index >= 15 is 0 Å². The molecule has 5 aromatic rings. The summed E-state index contributed by atoms with van der Waals surface area (Å²) < 4.78 is 48.1. The van der Waals surface area contributed by atoms with Crippen molar-refractivity contribution in [1.29, 1.82) is 0 Å². The number of piperazine rings is 1. The number of H-pyrrole nitrogens is 1. The summed E-state index contributed by atoms with van der Waals surface area (Å²) in [5.41, 5.74) is 5.68. The summed E-state index contributed by atoms with van der Waals surface area (Å²) in [6.07, 6.45) is 9.56. The maximum atomic E-state index is 13.8. The summed E-state index contributed by atoms with van der Waals surface area (Å²) in [5, 5.41) is 1.53. The summed E-state index contributed by atoms with van der Waals surface area (Å²) in [6.45, 7) is 10.2. The summed E-state index contributed by atoms with van der Waals surface area (Å²) in [5.74, 6) is -1.32. The lowest BCUT2D eigenvalue weighted by Gasteiger charge is -2.39. The van der Waals surface area contributed by atoms with Crippen LogP contribution in [0.2, 0.25) is 5.02 Å². The molecule has 14 nitrogen and oxygen atoms in total. The van der Waals surface area contributed by atoms with E-state index in [9.17, 15) is 18.0 Å². The van der Waals surface area contributed by atoms with E-state index in [4.69, 9.17) is 25.8 Å². The average Bonchev–Trinajstić information content (AvgIpc) is 3.72. The van der Waals surface area contributed by atoms with Crippen molar-refractivity contribution in [2.75, 3.05) is 57.4 Å². The van der Waals surface area contributed by atoms with E-state index in [2.05, 4.69) is 50.7 Å². The number of nitrogens with one attached hydrogen (secondary N) is 3. The number of hydrogen-bond donors (Lipinski definition) is 3. The van der Waals surface area contributed by atoms with Crippen LogP contribution in [0.5, 0.6) is 17.4 Å². The van der Waals surface area contributed by atoms with E-state index in [-0.39, 0.29) is 34.1 Å². The molecule has 3 aromatic heterocycles. The normalized spacial score (nSPS) is 17.6. The molecule has 2 aromatic carbocycles. The fourth-order valence-corrected chi connectivity index (χ4v) is 9.03. The molecule has 2 aliphatic heterocycles. The quantitative estimate of drug-likeness (QED) is 0.108. The van der Waals surface area contributed by atoms with Crippen molar-refractivity contribution in [2.24, 2.45) is 11.3 Å². The molecule has 2 fully saturated rings. The first kappa shape index (κ1) is 42.2. The molecular weight excluding hydrogens is 818 g/mol. The molecule has 8 rings (SSSR count). The van der Waals surface area contributed by atoms with E-state index in [1.54, 1.807) is 24.4 Å². The number of fused-ring (bicyclic) bond motifs is 1. The number of ether oxygens (including phenoxy) is 3. The minimum Gasteiger partial charge on any atom is -0.477 e. The zero-order valence-electron chi connectivity index (χ0n) is 34.3. The lowest BCUT2D eigenvalue weighted by atomic mass is 9.72.